The van der Waals surface area contributed by atoms with E-state index in [4.69, 9.17) is 11.6 Å². The molecule has 1 heterocycles. The van der Waals surface area contributed by atoms with Crippen LogP contribution in [0.4, 0.5) is 5.69 Å². The second kappa shape index (κ2) is 8.53. The standard InChI is InChI=1S/C21H25ClN2O3S/c1-16-3-4-17(2)20(15-16)23-10-12-24(13-11-23)21(25)9-14-28(26,27)19-7-5-18(22)6-8-19/h3-8,15H,9-14H2,1-2H3. The van der Waals surface area contributed by atoms with Gasteiger partial charge in [-0.05, 0) is 55.3 Å². The summed E-state index contributed by atoms with van der Waals surface area (Å²) in [6, 6.07) is 12.4. The first-order chi connectivity index (χ1) is 13.3. The highest BCUT2D eigenvalue weighted by atomic mass is 35.5. The summed E-state index contributed by atoms with van der Waals surface area (Å²) in [4.78, 5) is 16.8. The molecule has 1 aliphatic heterocycles. The van der Waals surface area contributed by atoms with E-state index in [9.17, 15) is 13.2 Å². The highest BCUT2D eigenvalue weighted by Gasteiger charge is 2.24. The van der Waals surface area contributed by atoms with Crippen molar-refractivity contribution in [2.24, 2.45) is 0 Å². The predicted molar refractivity (Wildman–Crippen MR) is 113 cm³/mol. The van der Waals surface area contributed by atoms with E-state index in [1.807, 2.05) is 0 Å². The SMILES string of the molecule is Cc1ccc(C)c(N2CCN(C(=O)CCS(=O)(=O)c3ccc(Cl)cc3)CC2)c1. The molecule has 0 aromatic heterocycles. The molecule has 0 N–H and O–H groups in total. The van der Waals surface area contributed by atoms with Crippen molar-refractivity contribution in [3.8, 4) is 0 Å². The van der Waals surface area contributed by atoms with Gasteiger partial charge in [-0.2, -0.15) is 0 Å². The van der Waals surface area contributed by atoms with Crippen LogP contribution in [-0.2, 0) is 14.6 Å². The van der Waals surface area contributed by atoms with Crippen LogP contribution in [0, 0.1) is 13.8 Å². The topological polar surface area (TPSA) is 57.7 Å². The van der Waals surface area contributed by atoms with Crippen molar-refractivity contribution in [3.05, 3.63) is 58.6 Å². The molecule has 5 nitrogen and oxygen atoms in total. The molecule has 0 bridgehead atoms. The third kappa shape index (κ3) is 4.86. The Kier molecular flexibility index (Phi) is 6.30. The number of aryl methyl sites for hydroxylation is 2. The van der Waals surface area contributed by atoms with Gasteiger partial charge in [-0.1, -0.05) is 23.7 Å². The molecule has 1 saturated heterocycles. The summed E-state index contributed by atoms with van der Waals surface area (Å²) < 4.78 is 24.8. The molecule has 28 heavy (non-hydrogen) atoms. The number of carbonyl (C=O) groups excluding carboxylic acids is 1. The maximum atomic E-state index is 12.5. The van der Waals surface area contributed by atoms with Gasteiger partial charge < -0.3 is 9.80 Å². The molecule has 0 radical (unpaired) electrons. The summed E-state index contributed by atoms with van der Waals surface area (Å²) in [5, 5.41) is 0.483. The first kappa shape index (κ1) is 20.7. The Balaban J connectivity index is 1.55. The summed E-state index contributed by atoms with van der Waals surface area (Å²) in [6.45, 7) is 6.87. The highest BCUT2D eigenvalue weighted by molar-refractivity contribution is 7.91. The minimum Gasteiger partial charge on any atom is -0.368 e. The van der Waals surface area contributed by atoms with Crippen molar-refractivity contribution in [2.75, 3.05) is 36.8 Å². The van der Waals surface area contributed by atoms with Crippen molar-refractivity contribution in [3.63, 3.8) is 0 Å². The summed E-state index contributed by atoms with van der Waals surface area (Å²) in [5.41, 5.74) is 3.64. The number of hydrogen-bond donors (Lipinski definition) is 0. The van der Waals surface area contributed by atoms with E-state index in [0.717, 1.165) is 13.1 Å². The third-order valence-electron chi connectivity index (χ3n) is 5.10. The fourth-order valence-electron chi connectivity index (χ4n) is 3.40. The van der Waals surface area contributed by atoms with E-state index in [-0.39, 0.29) is 23.0 Å². The molecule has 0 saturated carbocycles. The summed E-state index contributed by atoms with van der Waals surface area (Å²) >= 11 is 5.81. The molecule has 1 fully saturated rings. The maximum absolute atomic E-state index is 12.5. The van der Waals surface area contributed by atoms with Crippen molar-refractivity contribution in [1.82, 2.24) is 4.90 Å². The molecule has 0 atom stereocenters. The summed E-state index contributed by atoms with van der Waals surface area (Å²) in [6.07, 6.45) is -0.00552. The first-order valence-corrected chi connectivity index (χ1v) is 11.4. The zero-order valence-corrected chi connectivity index (χ0v) is 17.8. The van der Waals surface area contributed by atoms with Crippen LogP contribution in [0.3, 0.4) is 0 Å². The number of amides is 1. The van der Waals surface area contributed by atoms with Gasteiger partial charge in [-0.15, -0.1) is 0 Å². The molecule has 150 valence electrons. The molecule has 0 aliphatic carbocycles. The highest BCUT2D eigenvalue weighted by Crippen LogP contribution is 2.23. The minimum absolute atomic E-state index is 0.00552. The van der Waals surface area contributed by atoms with Crippen LogP contribution in [-0.4, -0.2) is 51.2 Å². The largest absolute Gasteiger partial charge is 0.368 e. The van der Waals surface area contributed by atoms with Gasteiger partial charge >= 0.3 is 0 Å². The lowest BCUT2D eigenvalue weighted by molar-refractivity contribution is -0.131. The Bertz CT molecular complexity index is 950. The van der Waals surface area contributed by atoms with E-state index in [0.29, 0.717) is 18.1 Å². The summed E-state index contributed by atoms with van der Waals surface area (Å²) in [5.74, 6) is -0.303. The zero-order chi connectivity index (χ0) is 20.3. The Labute approximate surface area is 171 Å². The van der Waals surface area contributed by atoms with Gasteiger partial charge in [-0.25, -0.2) is 8.42 Å². The molecular weight excluding hydrogens is 396 g/mol. The quantitative estimate of drug-likeness (QED) is 0.743. The average Bonchev–Trinajstić information content (AvgIpc) is 2.68. The number of sulfone groups is 1. The predicted octanol–water partition coefficient (Wildman–Crippen LogP) is 3.47. The van der Waals surface area contributed by atoms with Crippen molar-refractivity contribution >= 4 is 33.0 Å². The molecule has 2 aromatic carbocycles. The summed E-state index contributed by atoms with van der Waals surface area (Å²) in [7, 11) is -3.49. The van der Waals surface area contributed by atoms with Crippen LogP contribution in [0.15, 0.2) is 47.4 Å². The van der Waals surface area contributed by atoms with Gasteiger partial charge in [0.05, 0.1) is 10.6 Å². The Morgan fingerprint density at radius 2 is 1.64 bits per heavy atom. The number of benzene rings is 2. The van der Waals surface area contributed by atoms with Crippen LogP contribution in [0.2, 0.25) is 5.02 Å². The molecule has 1 aliphatic rings. The van der Waals surface area contributed by atoms with Crippen LogP contribution >= 0.6 is 11.6 Å². The normalized spacial score (nSPS) is 15.0. The number of nitrogens with zero attached hydrogens (tertiary/aromatic N) is 2. The van der Waals surface area contributed by atoms with E-state index < -0.39 is 9.84 Å². The van der Waals surface area contributed by atoms with Crippen LogP contribution in [0.1, 0.15) is 17.5 Å². The van der Waals surface area contributed by atoms with E-state index in [2.05, 4.69) is 36.9 Å². The second-order valence-electron chi connectivity index (χ2n) is 7.18. The van der Waals surface area contributed by atoms with Crippen LogP contribution in [0.25, 0.3) is 0 Å². The number of piperazine rings is 1. The van der Waals surface area contributed by atoms with Gasteiger partial charge in [0.2, 0.25) is 5.91 Å². The van der Waals surface area contributed by atoms with Crippen molar-refractivity contribution < 1.29 is 13.2 Å². The maximum Gasteiger partial charge on any atom is 0.223 e. The molecule has 3 rings (SSSR count). The molecule has 7 heteroatoms. The first-order valence-electron chi connectivity index (χ1n) is 9.34. The fraction of sp³-hybridized carbons (Fsp3) is 0.381. The van der Waals surface area contributed by atoms with E-state index in [1.54, 1.807) is 17.0 Å². The molecular formula is C21H25ClN2O3S. The average molecular weight is 421 g/mol. The number of rotatable bonds is 5. The lowest BCUT2D eigenvalue weighted by atomic mass is 10.1. The van der Waals surface area contributed by atoms with Crippen molar-refractivity contribution in [1.29, 1.82) is 0 Å². The molecule has 1 amide bonds. The number of carbonyl (C=O) groups is 1. The second-order valence-corrected chi connectivity index (χ2v) is 9.73. The monoisotopic (exact) mass is 420 g/mol. The van der Waals surface area contributed by atoms with E-state index in [1.165, 1.54) is 28.9 Å². The van der Waals surface area contributed by atoms with Gasteiger partial charge in [0.1, 0.15) is 0 Å². The van der Waals surface area contributed by atoms with Crippen LogP contribution in [0.5, 0.6) is 0 Å². The third-order valence-corrected chi connectivity index (χ3v) is 7.08. The Morgan fingerprint density at radius 3 is 2.29 bits per heavy atom. The zero-order valence-electron chi connectivity index (χ0n) is 16.2. The van der Waals surface area contributed by atoms with Gasteiger partial charge in [-0.3, -0.25) is 4.79 Å². The molecule has 0 unspecified atom stereocenters. The lowest BCUT2D eigenvalue weighted by Crippen LogP contribution is -2.49. The van der Waals surface area contributed by atoms with E-state index >= 15 is 0 Å². The fourth-order valence-corrected chi connectivity index (χ4v) is 4.75. The lowest BCUT2D eigenvalue weighted by Gasteiger charge is -2.37. The van der Waals surface area contributed by atoms with Crippen molar-refractivity contribution in [2.45, 2.75) is 25.2 Å². The smallest absolute Gasteiger partial charge is 0.223 e. The molecule has 2 aromatic rings. The minimum atomic E-state index is -3.49. The number of anilines is 1. The van der Waals surface area contributed by atoms with Gasteiger partial charge in [0.15, 0.2) is 9.84 Å². The molecule has 0 spiro atoms. The van der Waals surface area contributed by atoms with Gasteiger partial charge in [0, 0.05) is 43.3 Å². The van der Waals surface area contributed by atoms with Crippen LogP contribution < -0.4 is 4.90 Å². The Morgan fingerprint density at radius 1 is 1.00 bits per heavy atom. The number of hydrogen-bond acceptors (Lipinski definition) is 4. The Hall–Kier alpha value is -2.05. The number of halogens is 1. The van der Waals surface area contributed by atoms with Gasteiger partial charge in [0.25, 0.3) is 0 Å².